The lowest BCUT2D eigenvalue weighted by atomic mass is 9.77. The first kappa shape index (κ1) is 14.7. The van der Waals surface area contributed by atoms with Gasteiger partial charge in [0.15, 0.2) is 0 Å². The first-order valence-electron chi connectivity index (χ1n) is 8.02. The number of amides is 4. The fourth-order valence-electron chi connectivity index (χ4n) is 3.69. The van der Waals surface area contributed by atoms with Crippen molar-refractivity contribution in [2.24, 2.45) is 5.92 Å². The van der Waals surface area contributed by atoms with E-state index in [0.717, 1.165) is 24.1 Å². The van der Waals surface area contributed by atoms with Crippen molar-refractivity contribution < 1.29 is 14.4 Å². The molecule has 122 valence electrons. The monoisotopic (exact) mass is 333 g/mol. The number of hydrogen-bond acceptors (Lipinski definition) is 4. The SMILES string of the molecule is O=C1CC(CN2C(=O)NC3(CCC3)C2=O)CN1Cc1cccs1. The summed E-state index contributed by atoms with van der Waals surface area (Å²) in [5.41, 5.74) is -0.629. The normalized spacial score (nSPS) is 26.1. The summed E-state index contributed by atoms with van der Waals surface area (Å²) in [6.07, 6.45) is 2.87. The highest BCUT2D eigenvalue weighted by Gasteiger charge is 2.55. The number of thiophene rings is 1. The quantitative estimate of drug-likeness (QED) is 0.851. The van der Waals surface area contributed by atoms with Crippen LogP contribution in [0.25, 0.3) is 0 Å². The zero-order valence-electron chi connectivity index (χ0n) is 12.8. The Morgan fingerprint density at radius 2 is 2.13 bits per heavy atom. The van der Waals surface area contributed by atoms with E-state index in [9.17, 15) is 14.4 Å². The molecule has 1 atom stereocenters. The average Bonchev–Trinajstić information content (AvgIpc) is 3.15. The number of imide groups is 1. The first-order chi connectivity index (χ1) is 11.1. The van der Waals surface area contributed by atoms with Crippen LogP contribution in [0.15, 0.2) is 17.5 Å². The van der Waals surface area contributed by atoms with Crippen molar-refractivity contribution in [3.05, 3.63) is 22.4 Å². The zero-order chi connectivity index (χ0) is 16.0. The molecule has 23 heavy (non-hydrogen) atoms. The molecular weight excluding hydrogens is 314 g/mol. The van der Waals surface area contributed by atoms with E-state index in [4.69, 9.17) is 0 Å². The highest BCUT2D eigenvalue weighted by molar-refractivity contribution is 7.09. The number of urea groups is 1. The molecule has 4 rings (SSSR count). The molecule has 1 aliphatic carbocycles. The van der Waals surface area contributed by atoms with Gasteiger partial charge in [-0.25, -0.2) is 4.79 Å². The number of rotatable bonds is 4. The smallest absolute Gasteiger partial charge is 0.325 e. The lowest BCUT2D eigenvalue weighted by molar-refractivity contribution is -0.134. The second-order valence-electron chi connectivity index (χ2n) is 6.71. The highest BCUT2D eigenvalue weighted by Crippen LogP contribution is 2.37. The maximum absolute atomic E-state index is 12.5. The molecule has 1 aromatic rings. The molecule has 3 aliphatic rings. The molecule has 3 heterocycles. The van der Waals surface area contributed by atoms with Crippen LogP contribution in [-0.2, 0) is 16.1 Å². The van der Waals surface area contributed by atoms with E-state index in [0.29, 0.717) is 26.1 Å². The largest absolute Gasteiger partial charge is 0.337 e. The molecule has 3 fully saturated rings. The van der Waals surface area contributed by atoms with Gasteiger partial charge in [-0.3, -0.25) is 14.5 Å². The summed E-state index contributed by atoms with van der Waals surface area (Å²) in [6.45, 7) is 1.58. The van der Waals surface area contributed by atoms with Crippen molar-refractivity contribution in [1.82, 2.24) is 15.1 Å². The molecule has 2 aliphatic heterocycles. The summed E-state index contributed by atoms with van der Waals surface area (Å²) in [7, 11) is 0. The maximum Gasteiger partial charge on any atom is 0.325 e. The number of nitrogens with one attached hydrogen (secondary N) is 1. The average molecular weight is 333 g/mol. The van der Waals surface area contributed by atoms with Crippen LogP contribution in [-0.4, -0.2) is 46.3 Å². The molecule has 1 spiro atoms. The van der Waals surface area contributed by atoms with Gasteiger partial charge in [-0.1, -0.05) is 6.07 Å². The molecular formula is C16H19N3O3S. The molecule has 0 bridgehead atoms. The lowest BCUT2D eigenvalue weighted by Crippen LogP contribution is -2.52. The van der Waals surface area contributed by atoms with Crippen LogP contribution in [0.2, 0.25) is 0 Å². The predicted molar refractivity (Wildman–Crippen MR) is 84.7 cm³/mol. The number of nitrogens with zero attached hydrogens (tertiary/aromatic N) is 2. The fourth-order valence-corrected chi connectivity index (χ4v) is 4.41. The van der Waals surface area contributed by atoms with Crippen LogP contribution in [0.3, 0.4) is 0 Å². The van der Waals surface area contributed by atoms with Gasteiger partial charge in [0.25, 0.3) is 5.91 Å². The number of carbonyl (C=O) groups is 3. The second-order valence-corrected chi connectivity index (χ2v) is 7.74. The summed E-state index contributed by atoms with van der Waals surface area (Å²) in [4.78, 5) is 41.0. The van der Waals surface area contributed by atoms with Crippen LogP contribution >= 0.6 is 11.3 Å². The fraction of sp³-hybridized carbons (Fsp3) is 0.562. The van der Waals surface area contributed by atoms with Gasteiger partial charge in [0.05, 0.1) is 6.54 Å². The Morgan fingerprint density at radius 1 is 1.30 bits per heavy atom. The van der Waals surface area contributed by atoms with E-state index < -0.39 is 5.54 Å². The summed E-state index contributed by atoms with van der Waals surface area (Å²) in [5.74, 6) is 0.0408. The number of carbonyl (C=O) groups excluding carboxylic acids is 3. The van der Waals surface area contributed by atoms with E-state index in [-0.39, 0.29) is 23.8 Å². The van der Waals surface area contributed by atoms with Crippen LogP contribution in [0.4, 0.5) is 4.79 Å². The van der Waals surface area contributed by atoms with Crippen LogP contribution in [0.5, 0.6) is 0 Å². The molecule has 4 amide bonds. The predicted octanol–water partition coefficient (Wildman–Crippen LogP) is 1.57. The summed E-state index contributed by atoms with van der Waals surface area (Å²) in [5, 5.41) is 4.84. The van der Waals surface area contributed by atoms with Gasteiger partial charge >= 0.3 is 6.03 Å². The van der Waals surface area contributed by atoms with Crippen molar-refractivity contribution in [2.75, 3.05) is 13.1 Å². The molecule has 7 heteroatoms. The Bertz CT molecular complexity index is 654. The van der Waals surface area contributed by atoms with Crippen molar-refractivity contribution in [3.63, 3.8) is 0 Å². The Morgan fingerprint density at radius 3 is 2.74 bits per heavy atom. The summed E-state index contributed by atoms with van der Waals surface area (Å²) in [6, 6.07) is 3.70. The first-order valence-corrected chi connectivity index (χ1v) is 8.90. The molecule has 1 N–H and O–H groups in total. The molecule has 6 nitrogen and oxygen atoms in total. The van der Waals surface area contributed by atoms with Crippen molar-refractivity contribution >= 4 is 29.2 Å². The van der Waals surface area contributed by atoms with E-state index in [1.807, 2.05) is 22.4 Å². The van der Waals surface area contributed by atoms with Gasteiger partial charge in [0.2, 0.25) is 5.91 Å². The Balaban J connectivity index is 1.39. The molecule has 2 saturated heterocycles. The van der Waals surface area contributed by atoms with Gasteiger partial charge in [0.1, 0.15) is 5.54 Å². The minimum absolute atomic E-state index is 0.0346. The van der Waals surface area contributed by atoms with Crippen LogP contribution in [0, 0.1) is 5.92 Å². The molecule has 0 radical (unpaired) electrons. The molecule has 0 aromatic carbocycles. The number of hydrogen-bond donors (Lipinski definition) is 1. The molecule has 1 aromatic heterocycles. The maximum atomic E-state index is 12.5. The van der Waals surface area contributed by atoms with E-state index in [1.54, 1.807) is 11.3 Å². The summed E-state index contributed by atoms with van der Waals surface area (Å²) >= 11 is 1.63. The lowest BCUT2D eigenvalue weighted by Gasteiger charge is -2.35. The Labute approximate surface area is 138 Å². The second kappa shape index (κ2) is 5.33. The highest BCUT2D eigenvalue weighted by atomic mass is 32.1. The summed E-state index contributed by atoms with van der Waals surface area (Å²) < 4.78 is 0. The topological polar surface area (TPSA) is 69.7 Å². The zero-order valence-corrected chi connectivity index (χ0v) is 13.6. The van der Waals surface area contributed by atoms with E-state index in [2.05, 4.69) is 5.32 Å². The third kappa shape index (κ3) is 2.43. The minimum atomic E-state index is -0.629. The van der Waals surface area contributed by atoms with Crippen molar-refractivity contribution in [1.29, 1.82) is 0 Å². The van der Waals surface area contributed by atoms with Crippen molar-refractivity contribution in [3.8, 4) is 0 Å². The van der Waals surface area contributed by atoms with Crippen molar-refractivity contribution in [2.45, 2.75) is 37.8 Å². The van der Waals surface area contributed by atoms with E-state index >= 15 is 0 Å². The van der Waals surface area contributed by atoms with Crippen LogP contribution < -0.4 is 5.32 Å². The van der Waals surface area contributed by atoms with E-state index in [1.165, 1.54) is 4.90 Å². The Hall–Kier alpha value is -1.89. The van der Waals surface area contributed by atoms with Gasteiger partial charge in [-0.15, -0.1) is 11.3 Å². The Kier molecular flexibility index (Phi) is 3.41. The van der Waals surface area contributed by atoms with Gasteiger partial charge in [-0.05, 0) is 30.7 Å². The van der Waals surface area contributed by atoms with Gasteiger partial charge in [-0.2, -0.15) is 0 Å². The van der Waals surface area contributed by atoms with Gasteiger partial charge in [0, 0.05) is 30.3 Å². The standard InChI is InChI=1S/C16H19N3O3S/c20-13-7-11(8-18(13)10-12-3-1-6-23-12)9-19-14(21)16(4-2-5-16)17-15(19)22/h1,3,6,11H,2,4-5,7-10H2,(H,17,22). The van der Waals surface area contributed by atoms with Crippen LogP contribution in [0.1, 0.15) is 30.6 Å². The third-order valence-corrected chi connectivity index (χ3v) is 5.98. The third-order valence-electron chi connectivity index (χ3n) is 5.12. The van der Waals surface area contributed by atoms with Gasteiger partial charge < -0.3 is 10.2 Å². The minimum Gasteiger partial charge on any atom is -0.337 e. The molecule has 1 unspecified atom stereocenters. The molecule has 1 saturated carbocycles. The number of likely N-dealkylation sites (tertiary alicyclic amines) is 1.